The molecule has 0 aliphatic heterocycles. The number of hydrogen-bond acceptors (Lipinski definition) is 4. The molecule has 4 rings (SSSR count). The number of halogens is 8. The normalized spacial score (nSPS) is 13.4. The van der Waals surface area contributed by atoms with Crippen molar-refractivity contribution in [3.05, 3.63) is 142 Å². The molecular formula is C32H22F8O4S. The first kappa shape index (κ1) is 33.2. The fraction of sp³-hybridized carbons (Fsp3) is 0.125. The van der Waals surface area contributed by atoms with Gasteiger partial charge < -0.3 is 9.47 Å². The van der Waals surface area contributed by atoms with E-state index in [9.17, 15) is 43.5 Å². The lowest BCUT2D eigenvalue weighted by Gasteiger charge is -2.22. The van der Waals surface area contributed by atoms with Crippen LogP contribution in [-0.2, 0) is 9.84 Å². The summed E-state index contributed by atoms with van der Waals surface area (Å²) in [6.07, 6.45) is 2.62. The smallest absolute Gasteiger partial charge is 0.171 e. The maximum atomic E-state index is 14.5. The second-order valence-corrected chi connectivity index (χ2v) is 11.7. The van der Waals surface area contributed by atoms with E-state index in [0.29, 0.717) is 23.7 Å². The lowest BCUT2D eigenvalue weighted by atomic mass is 10.1. The number of methoxy groups -OCH3 is 2. The van der Waals surface area contributed by atoms with Gasteiger partial charge >= 0.3 is 0 Å². The Morgan fingerprint density at radius 3 is 1.09 bits per heavy atom. The molecule has 0 amide bonds. The Morgan fingerprint density at radius 1 is 0.533 bits per heavy atom. The zero-order valence-electron chi connectivity index (χ0n) is 23.3. The van der Waals surface area contributed by atoms with Gasteiger partial charge in [-0.15, -0.1) is 0 Å². The van der Waals surface area contributed by atoms with Gasteiger partial charge in [-0.3, -0.25) is 0 Å². The minimum atomic E-state index is -4.76. The number of benzene rings is 4. The van der Waals surface area contributed by atoms with Crippen LogP contribution < -0.4 is 9.47 Å². The molecule has 0 aliphatic rings. The highest BCUT2D eigenvalue weighted by molar-refractivity contribution is 7.92. The molecule has 0 bridgehead atoms. The van der Waals surface area contributed by atoms with Gasteiger partial charge in [-0.2, -0.15) is 0 Å². The quantitative estimate of drug-likeness (QED) is 0.127. The molecule has 0 spiro atoms. The first-order chi connectivity index (χ1) is 21.3. The molecule has 45 heavy (non-hydrogen) atoms. The van der Waals surface area contributed by atoms with Crippen LogP contribution in [0, 0.1) is 46.5 Å². The predicted molar refractivity (Wildman–Crippen MR) is 151 cm³/mol. The first-order valence-electron chi connectivity index (χ1n) is 12.8. The summed E-state index contributed by atoms with van der Waals surface area (Å²) in [6, 6.07) is 10.6. The van der Waals surface area contributed by atoms with E-state index in [0.717, 1.165) is 12.2 Å². The lowest BCUT2D eigenvalue weighted by Crippen LogP contribution is -2.19. The monoisotopic (exact) mass is 654 g/mol. The summed E-state index contributed by atoms with van der Waals surface area (Å²) in [7, 11) is -2.08. The molecule has 4 aromatic carbocycles. The van der Waals surface area contributed by atoms with Crippen molar-refractivity contribution in [1.29, 1.82) is 0 Å². The van der Waals surface area contributed by atoms with Crippen molar-refractivity contribution in [3.63, 3.8) is 0 Å². The van der Waals surface area contributed by atoms with Gasteiger partial charge in [0.1, 0.15) is 22.0 Å². The van der Waals surface area contributed by atoms with E-state index in [1.165, 1.54) is 62.8 Å². The van der Waals surface area contributed by atoms with Gasteiger partial charge in [0.25, 0.3) is 0 Å². The van der Waals surface area contributed by atoms with Crippen LogP contribution in [0.25, 0.3) is 12.2 Å². The van der Waals surface area contributed by atoms with E-state index in [-0.39, 0.29) is 23.3 Å². The van der Waals surface area contributed by atoms with Crippen LogP contribution in [0.5, 0.6) is 11.5 Å². The highest BCUT2D eigenvalue weighted by atomic mass is 32.2. The fourth-order valence-electron chi connectivity index (χ4n) is 4.41. The first-order valence-corrected chi connectivity index (χ1v) is 14.4. The second-order valence-electron chi connectivity index (χ2n) is 9.46. The highest BCUT2D eigenvalue weighted by Crippen LogP contribution is 2.39. The largest absolute Gasteiger partial charge is 0.497 e. The SMILES string of the molecule is COc1ccc(C(C=Cc2c(F)c(F)cc(F)c2F)S(=O)(=O)C(C=Cc2c(F)c(F)cc(F)c2F)c2ccc(OC)cc2)cc1. The molecular weight excluding hydrogens is 632 g/mol. The fourth-order valence-corrected chi connectivity index (χ4v) is 6.39. The maximum absolute atomic E-state index is 14.5. The third-order valence-corrected chi connectivity index (χ3v) is 9.04. The lowest BCUT2D eigenvalue weighted by molar-refractivity contribution is 0.414. The minimum Gasteiger partial charge on any atom is -0.497 e. The summed E-state index contributed by atoms with van der Waals surface area (Å²) in [5, 5.41) is -3.66. The van der Waals surface area contributed by atoms with Crippen molar-refractivity contribution in [2.75, 3.05) is 14.2 Å². The van der Waals surface area contributed by atoms with Gasteiger partial charge in [0.05, 0.1) is 25.3 Å². The number of ether oxygens (including phenoxy) is 2. The van der Waals surface area contributed by atoms with Crippen molar-refractivity contribution < 1.29 is 53.0 Å². The summed E-state index contributed by atoms with van der Waals surface area (Å²) in [6.45, 7) is 0. The minimum absolute atomic E-state index is 0.0162. The Morgan fingerprint density at radius 2 is 0.822 bits per heavy atom. The van der Waals surface area contributed by atoms with Crippen LogP contribution in [-0.4, -0.2) is 22.6 Å². The van der Waals surface area contributed by atoms with Crippen LogP contribution in [0.4, 0.5) is 35.1 Å². The van der Waals surface area contributed by atoms with E-state index in [2.05, 4.69) is 0 Å². The molecule has 0 heterocycles. The van der Waals surface area contributed by atoms with Gasteiger partial charge in [0.15, 0.2) is 56.4 Å². The molecule has 13 heteroatoms. The third-order valence-electron chi connectivity index (χ3n) is 6.76. The van der Waals surface area contributed by atoms with Gasteiger partial charge in [0, 0.05) is 12.1 Å². The standard InChI is InChI=1S/C32H22F8O4S/c1-43-19-7-3-17(4-8-19)27(13-11-21-29(37)23(33)15-24(34)30(21)38)45(41,42)28(18-5-9-20(44-2)10-6-18)14-12-22-31(39)25(35)16-26(36)32(22)40/h3-16,27-28H,1-2H3. The molecule has 0 saturated carbocycles. The molecule has 4 aromatic rings. The highest BCUT2D eigenvalue weighted by Gasteiger charge is 2.34. The van der Waals surface area contributed by atoms with Crippen molar-refractivity contribution in [2.24, 2.45) is 0 Å². The van der Waals surface area contributed by atoms with Crippen LogP contribution in [0.15, 0.2) is 72.8 Å². The summed E-state index contributed by atoms with van der Waals surface area (Å²) >= 11 is 0. The Kier molecular flexibility index (Phi) is 10.0. The van der Waals surface area contributed by atoms with E-state index in [4.69, 9.17) is 9.47 Å². The average molecular weight is 655 g/mol. The van der Waals surface area contributed by atoms with E-state index in [1.54, 1.807) is 0 Å². The number of hydrogen-bond donors (Lipinski definition) is 0. The van der Waals surface area contributed by atoms with Crippen molar-refractivity contribution in [1.82, 2.24) is 0 Å². The summed E-state index contributed by atoms with van der Waals surface area (Å²) in [4.78, 5) is 0. The molecule has 0 aliphatic carbocycles. The average Bonchev–Trinajstić information content (AvgIpc) is 3.02. The molecule has 0 aromatic heterocycles. The molecule has 0 N–H and O–H groups in total. The zero-order valence-corrected chi connectivity index (χ0v) is 24.1. The molecule has 0 fully saturated rings. The zero-order chi connectivity index (χ0) is 33.1. The van der Waals surface area contributed by atoms with E-state index < -0.39 is 78.0 Å². The Balaban J connectivity index is 1.95. The van der Waals surface area contributed by atoms with Crippen LogP contribution >= 0.6 is 0 Å². The molecule has 236 valence electrons. The number of rotatable bonds is 10. The van der Waals surface area contributed by atoms with E-state index >= 15 is 0 Å². The Labute approximate surface area is 252 Å². The van der Waals surface area contributed by atoms with Crippen LogP contribution in [0.3, 0.4) is 0 Å². The number of sulfone groups is 1. The molecule has 0 radical (unpaired) electrons. The summed E-state index contributed by atoms with van der Waals surface area (Å²) in [5.41, 5.74) is -2.47. The van der Waals surface area contributed by atoms with Gasteiger partial charge in [-0.05, 0) is 35.4 Å². The topological polar surface area (TPSA) is 52.6 Å². The maximum Gasteiger partial charge on any atom is 0.171 e. The Hall–Kier alpha value is -4.65. The second kappa shape index (κ2) is 13.6. The van der Waals surface area contributed by atoms with Crippen molar-refractivity contribution in [2.45, 2.75) is 10.5 Å². The van der Waals surface area contributed by atoms with Crippen LogP contribution in [0.1, 0.15) is 32.8 Å². The van der Waals surface area contributed by atoms with Crippen molar-refractivity contribution in [3.8, 4) is 11.5 Å². The molecule has 4 nitrogen and oxygen atoms in total. The van der Waals surface area contributed by atoms with Gasteiger partial charge in [0.2, 0.25) is 0 Å². The molecule has 2 atom stereocenters. The van der Waals surface area contributed by atoms with E-state index in [1.807, 2.05) is 0 Å². The summed E-state index contributed by atoms with van der Waals surface area (Å²) < 4.78 is 152. The van der Waals surface area contributed by atoms with Crippen LogP contribution in [0.2, 0.25) is 0 Å². The predicted octanol–water partition coefficient (Wildman–Crippen LogP) is 8.44. The third kappa shape index (κ3) is 6.88. The Bertz CT molecular complexity index is 1690. The summed E-state index contributed by atoms with van der Waals surface area (Å²) in [5.74, 6) is -13.5. The molecule has 2 unspecified atom stereocenters. The van der Waals surface area contributed by atoms with Gasteiger partial charge in [-0.25, -0.2) is 43.5 Å². The molecule has 0 saturated heterocycles. The van der Waals surface area contributed by atoms with Gasteiger partial charge in [-0.1, -0.05) is 48.6 Å². The van der Waals surface area contributed by atoms with Crippen molar-refractivity contribution >= 4 is 22.0 Å².